The summed E-state index contributed by atoms with van der Waals surface area (Å²) >= 11 is 4.96. The zero-order valence-corrected chi connectivity index (χ0v) is 13.5. The molecule has 0 aliphatic carbocycles. The summed E-state index contributed by atoms with van der Waals surface area (Å²) in [7, 11) is 2.03. The van der Waals surface area contributed by atoms with E-state index in [9.17, 15) is 10.1 Å². The van der Waals surface area contributed by atoms with E-state index in [1.54, 1.807) is 23.5 Å². The van der Waals surface area contributed by atoms with Crippen LogP contribution in [-0.4, -0.2) is 23.4 Å². The molecule has 0 saturated heterocycles. The van der Waals surface area contributed by atoms with Gasteiger partial charge in [-0.3, -0.25) is 10.1 Å². The average molecular weight is 355 g/mol. The molecule has 0 radical (unpaired) electrons. The van der Waals surface area contributed by atoms with Crippen LogP contribution in [0.4, 0.5) is 5.69 Å². The SMILES string of the molecule is CN(CCc1cccs1)Cc1ccc(Br)c([N+](=O)[O-])c1. The van der Waals surface area contributed by atoms with Gasteiger partial charge in [0.1, 0.15) is 0 Å². The van der Waals surface area contributed by atoms with Gasteiger partial charge in [0.25, 0.3) is 5.69 Å². The lowest BCUT2D eigenvalue weighted by molar-refractivity contribution is -0.385. The molecule has 20 heavy (non-hydrogen) atoms. The van der Waals surface area contributed by atoms with Crippen LogP contribution in [0.25, 0.3) is 0 Å². The maximum absolute atomic E-state index is 10.9. The summed E-state index contributed by atoms with van der Waals surface area (Å²) in [6.07, 6.45) is 1.01. The second-order valence-corrected chi connectivity index (χ2v) is 6.50. The van der Waals surface area contributed by atoms with E-state index in [-0.39, 0.29) is 10.6 Å². The Labute approximate surface area is 130 Å². The number of hydrogen-bond donors (Lipinski definition) is 0. The molecule has 0 saturated carbocycles. The molecule has 0 unspecified atom stereocenters. The van der Waals surface area contributed by atoms with E-state index in [0.717, 1.165) is 18.5 Å². The first kappa shape index (κ1) is 15.2. The number of nitro benzene ring substituents is 1. The molecule has 1 aromatic carbocycles. The Morgan fingerprint density at radius 3 is 2.85 bits per heavy atom. The van der Waals surface area contributed by atoms with Crippen LogP contribution >= 0.6 is 27.3 Å². The van der Waals surface area contributed by atoms with Crippen molar-refractivity contribution in [1.82, 2.24) is 4.90 Å². The molecule has 0 aliphatic rings. The fourth-order valence-electron chi connectivity index (χ4n) is 1.94. The topological polar surface area (TPSA) is 46.4 Å². The van der Waals surface area contributed by atoms with Crippen molar-refractivity contribution in [2.24, 2.45) is 0 Å². The lowest BCUT2D eigenvalue weighted by atomic mass is 10.2. The first-order valence-corrected chi connectivity index (χ1v) is 7.87. The minimum absolute atomic E-state index is 0.120. The summed E-state index contributed by atoms with van der Waals surface area (Å²) < 4.78 is 0.521. The quantitative estimate of drug-likeness (QED) is 0.579. The molecular weight excluding hydrogens is 340 g/mol. The number of hydrogen-bond acceptors (Lipinski definition) is 4. The number of benzene rings is 1. The van der Waals surface area contributed by atoms with Crippen molar-refractivity contribution in [3.05, 3.63) is 60.7 Å². The molecule has 0 amide bonds. The molecule has 2 aromatic rings. The minimum Gasteiger partial charge on any atom is -0.302 e. The molecule has 106 valence electrons. The number of halogens is 1. The highest BCUT2D eigenvalue weighted by Gasteiger charge is 2.13. The molecule has 0 aliphatic heterocycles. The molecule has 0 atom stereocenters. The van der Waals surface area contributed by atoms with Crippen molar-refractivity contribution in [1.29, 1.82) is 0 Å². The molecule has 6 heteroatoms. The highest BCUT2D eigenvalue weighted by atomic mass is 79.9. The van der Waals surface area contributed by atoms with Gasteiger partial charge in [0.05, 0.1) is 9.40 Å². The number of nitro groups is 1. The number of rotatable bonds is 6. The Hall–Kier alpha value is -1.24. The summed E-state index contributed by atoms with van der Waals surface area (Å²) in [4.78, 5) is 14.1. The van der Waals surface area contributed by atoms with E-state index in [4.69, 9.17) is 0 Å². The molecule has 1 heterocycles. The van der Waals surface area contributed by atoms with Crippen LogP contribution in [0.5, 0.6) is 0 Å². The highest BCUT2D eigenvalue weighted by molar-refractivity contribution is 9.10. The van der Waals surface area contributed by atoms with E-state index in [2.05, 4.69) is 38.3 Å². The third-order valence-electron chi connectivity index (χ3n) is 2.98. The minimum atomic E-state index is -0.362. The van der Waals surface area contributed by atoms with Crippen molar-refractivity contribution >= 4 is 33.0 Å². The van der Waals surface area contributed by atoms with Crippen LogP contribution in [0.15, 0.2) is 40.2 Å². The first-order chi connectivity index (χ1) is 9.56. The Kier molecular flexibility index (Phi) is 5.28. The van der Waals surface area contributed by atoms with Gasteiger partial charge >= 0.3 is 0 Å². The smallest absolute Gasteiger partial charge is 0.283 e. The number of thiophene rings is 1. The summed E-state index contributed by atoms with van der Waals surface area (Å²) in [6.45, 7) is 1.64. The third kappa shape index (κ3) is 4.13. The van der Waals surface area contributed by atoms with Crippen LogP contribution in [-0.2, 0) is 13.0 Å². The van der Waals surface area contributed by atoms with Gasteiger partial charge < -0.3 is 4.90 Å². The Morgan fingerprint density at radius 1 is 1.40 bits per heavy atom. The van der Waals surface area contributed by atoms with E-state index in [1.807, 2.05) is 13.1 Å². The van der Waals surface area contributed by atoms with Gasteiger partial charge in [0.2, 0.25) is 0 Å². The maximum Gasteiger partial charge on any atom is 0.283 e. The van der Waals surface area contributed by atoms with Crippen molar-refractivity contribution in [2.45, 2.75) is 13.0 Å². The van der Waals surface area contributed by atoms with Gasteiger partial charge in [-0.05, 0) is 52.5 Å². The van der Waals surface area contributed by atoms with E-state index in [1.165, 1.54) is 4.88 Å². The molecule has 0 N–H and O–H groups in total. The largest absolute Gasteiger partial charge is 0.302 e. The van der Waals surface area contributed by atoms with E-state index in [0.29, 0.717) is 11.0 Å². The van der Waals surface area contributed by atoms with Gasteiger partial charge in [-0.2, -0.15) is 0 Å². The monoisotopic (exact) mass is 354 g/mol. The van der Waals surface area contributed by atoms with Crippen molar-refractivity contribution in [3.63, 3.8) is 0 Å². The van der Waals surface area contributed by atoms with E-state index < -0.39 is 0 Å². The fourth-order valence-corrected chi connectivity index (χ4v) is 3.03. The van der Waals surface area contributed by atoms with Crippen LogP contribution < -0.4 is 0 Å². The van der Waals surface area contributed by atoms with Gasteiger partial charge in [0, 0.05) is 24.0 Å². The summed E-state index contributed by atoms with van der Waals surface area (Å²) in [5.74, 6) is 0. The first-order valence-electron chi connectivity index (χ1n) is 6.20. The zero-order valence-electron chi connectivity index (χ0n) is 11.1. The fraction of sp³-hybridized carbons (Fsp3) is 0.286. The Bertz CT molecular complexity index is 587. The molecule has 0 spiro atoms. The lowest BCUT2D eigenvalue weighted by Gasteiger charge is -2.16. The molecule has 2 rings (SSSR count). The summed E-state index contributed by atoms with van der Waals surface area (Å²) in [6, 6.07) is 9.46. The average Bonchev–Trinajstić information content (AvgIpc) is 2.91. The van der Waals surface area contributed by atoms with Crippen molar-refractivity contribution < 1.29 is 4.92 Å². The van der Waals surface area contributed by atoms with Crippen molar-refractivity contribution in [3.8, 4) is 0 Å². The highest BCUT2D eigenvalue weighted by Crippen LogP contribution is 2.26. The summed E-state index contributed by atoms with van der Waals surface area (Å²) in [5, 5.41) is 13.0. The van der Waals surface area contributed by atoms with Gasteiger partial charge in [-0.25, -0.2) is 0 Å². The predicted molar refractivity (Wildman–Crippen MR) is 85.2 cm³/mol. The number of nitrogens with zero attached hydrogens (tertiary/aromatic N) is 2. The van der Waals surface area contributed by atoms with Gasteiger partial charge in [-0.15, -0.1) is 11.3 Å². The molecule has 1 aromatic heterocycles. The van der Waals surface area contributed by atoms with E-state index >= 15 is 0 Å². The van der Waals surface area contributed by atoms with Crippen LogP contribution in [0.3, 0.4) is 0 Å². The molecule has 4 nitrogen and oxygen atoms in total. The van der Waals surface area contributed by atoms with Crippen LogP contribution in [0, 0.1) is 10.1 Å². The normalized spacial score (nSPS) is 10.9. The van der Waals surface area contributed by atoms with Crippen molar-refractivity contribution in [2.75, 3.05) is 13.6 Å². The Balaban J connectivity index is 1.95. The lowest BCUT2D eigenvalue weighted by Crippen LogP contribution is -2.20. The predicted octanol–water partition coefficient (Wildman–Crippen LogP) is 4.09. The standard InChI is InChI=1S/C14H15BrN2O2S/c1-16(7-6-12-3-2-8-20-12)10-11-4-5-13(15)14(9-11)17(18)19/h2-5,8-9H,6-7,10H2,1H3. The second kappa shape index (κ2) is 6.97. The van der Waals surface area contributed by atoms with Gasteiger partial charge in [-0.1, -0.05) is 12.1 Å². The second-order valence-electron chi connectivity index (χ2n) is 4.61. The van der Waals surface area contributed by atoms with Crippen LogP contribution in [0.1, 0.15) is 10.4 Å². The molecule has 0 fully saturated rings. The number of likely N-dealkylation sites (N-methyl/N-ethyl adjacent to an activating group) is 1. The zero-order chi connectivity index (χ0) is 14.5. The molecule has 0 bridgehead atoms. The molecular formula is C14H15BrN2O2S. The van der Waals surface area contributed by atoms with Gasteiger partial charge in [0.15, 0.2) is 0 Å². The maximum atomic E-state index is 10.9. The Morgan fingerprint density at radius 2 is 2.20 bits per heavy atom. The summed E-state index contributed by atoms with van der Waals surface area (Å²) in [5.41, 5.74) is 1.07. The third-order valence-corrected chi connectivity index (χ3v) is 4.59. The van der Waals surface area contributed by atoms with Crippen LogP contribution in [0.2, 0.25) is 0 Å².